The number of carbonyl (C=O) groups is 1. The molecule has 0 amide bonds. The van der Waals surface area contributed by atoms with Gasteiger partial charge in [0.2, 0.25) is 5.95 Å². The third-order valence-corrected chi connectivity index (χ3v) is 6.04. The molecule has 2 atom stereocenters. The zero-order valence-corrected chi connectivity index (χ0v) is 16.8. The van der Waals surface area contributed by atoms with Crippen LogP contribution in [-0.2, 0) is 9.53 Å². The van der Waals surface area contributed by atoms with E-state index in [4.69, 9.17) is 4.74 Å². The number of nitrogens with zero attached hydrogens (tertiary/aromatic N) is 3. The number of hydrogen-bond donors (Lipinski definition) is 0. The second-order valence-corrected chi connectivity index (χ2v) is 8.46. The molecule has 0 radical (unpaired) electrons. The third-order valence-electron chi connectivity index (χ3n) is 6.04. The molecule has 1 fully saturated rings. The molecule has 1 aliphatic heterocycles. The predicted octanol–water partition coefficient (Wildman–Crippen LogP) is 4.52. The van der Waals surface area contributed by atoms with E-state index in [1.165, 1.54) is 0 Å². The van der Waals surface area contributed by atoms with Crippen molar-refractivity contribution in [2.45, 2.75) is 38.4 Å². The van der Waals surface area contributed by atoms with Gasteiger partial charge in [-0.2, -0.15) is 0 Å². The average Bonchev–Trinajstić information content (AvgIpc) is 3.15. The maximum atomic E-state index is 12.2. The summed E-state index contributed by atoms with van der Waals surface area (Å²) < 4.78 is 8.51. The van der Waals surface area contributed by atoms with Gasteiger partial charge >= 0.3 is 0 Å². The van der Waals surface area contributed by atoms with E-state index >= 15 is 0 Å². The number of aromatic nitrogens is 3. The second-order valence-electron chi connectivity index (χ2n) is 8.46. The van der Waals surface area contributed by atoms with Gasteiger partial charge in [0.25, 0.3) is 0 Å². The molecule has 1 aromatic carbocycles. The number of carbonyl (C=O) groups excluding carboxylic acids is 1. The van der Waals surface area contributed by atoms with E-state index in [1.807, 2.05) is 24.3 Å². The van der Waals surface area contributed by atoms with Crippen LogP contribution in [0.2, 0.25) is 0 Å². The van der Waals surface area contributed by atoms with Gasteiger partial charge in [-0.05, 0) is 62.8 Å². The SMILES string of the molecule is CC1(C)O[C@]2(C)C=CC(=O)C[C@@H]2/C1=C\c1cc2ccccc2n1-c1ncccn1. The summed E-state index contributed by atoms with van der Waals surface area (Å²) in [6.45, 7) is 6.22. The molecule has 5 heteroatoms. The van der Waals surface area contributed by atoms with Crippen LogP contribution in [0, 0.1) is 5.92 Å². The Morgan fingerprint density at radius 2 is 1.90 bits per heavy atom. The summed E-state index contributed by atoms with van der Waals surface area (Å²) in [5.74, 6) is 0.782. The summed E-state index contributed by atoms with van der Waals surface area (Å²) in [6.07, 6.45) is 9.70. The van der Waals surface area contributed by atoms with Crippen LogP contribution in [-0.4, -0.2) is 31.5 Å². The second kappa shape index (κ2) is 6.22. The van der Waals surface area contributed by atoms with Crippen molar-refractivity contribution in [1.82, 2.24) is 14.5 Å². The Kier molecular flexibility index (Phi) is 3.87. The van der Waals surface area contributed by atoms with E-state index in [2.05, 4.69) is 59.6 Å². The zero-order chi connectivity index (χ0) is 20.2. The van der Waals surface area contributed by atoms with Gasteiger partial charge in [0.05, 0.1) is 16.7 Å². The number of para-hydroxylation sites is 1. The molecular formula is C24H23N3O2. The molecule has 29 heavy (non-hydrogen) atoms. The fourth-order valence-electron chi connectivity index (χ4n) is 4.74. The van der Waals surface area contributed by atoms with Crippen LogP contribution in [0.15, 0.2) is 66.5 Å². The minimum atomic E-state index is -0.479. The van der Waals surface area contributed by atoms with Crippen LogP contribution in [0.4, 0.5) is 0 Å². The molecule has 1 saturated heterocycles. The van der Waals surface area contributed by atoms with E-state index in [9.17, 15) is 4.79 Å². The van der Waals surface area contributed by atoms with Crippen LogP contribution in [0.5, 0.6) is 0 Å². The van der Waals surface area contributed by atoms with Gasteiger partial charge in [0, 0.05) is 35.8 Å². The van der Waals surface area contributed by atoms with Crippen LogP contribution >= 0.6 is 0 Å². The largest absolute Gasteiger partial charge is 0.360 e. The third kappa shape index (κ3) is 2.85. The van der Waals surface area contributed by atoms with E-state index in [-0.39, 0.29) is 11.7 Å². The Hall–Kier alpha value is -3.05. The highest BCUT2D eigenvalue weighted by Crippen LogP contribution is 2.51. The number of benzene rings is 1. The molecular weight excluding hydrogens is 362 g/mol. The summed E-state index contributed by atoms with van der Waals surface area (Å²) >= 11 is 0. The van der Waals surface area contributed by atoms with E-state index in [0.29, 0.717) is 12.4 Å². The quantitative estimate of drug-likeness (QED) is 0.651. The summed E-state index contributed by atoms with van der Waals surface area (Å²) in [4.78, 5) is 21.1. The van der Waals surface area contributed by atoms with Crippen molar-refractivity contribution in [2.75, 3.05) is 0 Å². The number of fused-ring (bicyclic) bond motifs is 2. The molecule has 3 aromatic rings. The molecule has 2 aliphatic rings. The van der Waals surface area contributed by atoms with Gasteiger partial charge in [-0.3, -0.25) is 9.36 Å². The monoisotopic (exact) mass is 385 g/mol. The lowest BCUT2D eigenvalue weighted by atomic mass is 9.75. The van der Waals surface area contributed by atoms with Crippen molar-refractivity contribution in [3.8, 4) is 5.95 Å². The van der Waals surface area contributed by atoms with Gasteiger partial charge < -0.3 is 4.74 Å². The first-order valence-corrected chi connectivity index (χ1v) is 9.90. The molecule has 0 bridgehead atoms. The lowest BCUT2D eigenvalue weighted by molar-refractivity contribution is -0.118. The maximum absolute atomic E-state index is 12.2. The highest BCUT2D eigenvalue weighted by atomic mass is 16.5. The maximum Gasteiger partial charge on any atom is 0.234 e. The molecule has 2 aromatic heterocycles. The fourth-order valence-corrected chi connectivity index (χ4v) is 4.74. The summed E-state index contributed by atoms with van der Waals surface area (Å²) in [5, 5.41) is 1.12. The first kappa shape index (κ1) is 18.0. The standard InChI is InChI=1S/C24H23N3O2/c1-23(2)19(20-15-18(28)9-10-24(20,3)29-23)14-17-13-16-7-4-5-8-21(16)27(17)22-25-11-6-12-26-22/h4-14,20H,15H2,1-3H3/b19-14+/t20-,24-/m1/s1. The molecule has 3 heterocycles. The summed E-state index contributed by atoms with van der Waals surface area (Å²) in [6, 6.07) is 12.2. The number of rotatable bonds is 2. The summed E-state index contributed by atoms with van der Waals surface area (Å²) in [7, 11) is 0. The van der Waals surface area contributed by atoms with Crippen molar-refractivity contribution in [3.63, 3.8) is 0 Å². The lowest BCUT2D eigenvalue weighted by Gasteiger charge is -2.30. The Bertz CT molecular complexity index is 1170. The Labute approximate surface area is 169 Å². The highest BCUT2D eigenvalue weighted by molar-refractivity contribution is 5.92. The molecule has 0 spiro atoms. The van der Waals surface area contributed by atoms with Crippen molar-refractivity contribution in [1.29, 1.82) is 0 Å². The predicted molar refractivity (Wildman–Crippen MR) is 113 cm³/mol. The highest BCUT2D eigenvalue weighted by Gasteiger charge is 2.53. The molecule has 0 unspecified atom stereocenters. The topological polar surface area (TPSA) is 57.0 Å². The normalized spacial score (nSPS) is 26.9. The molecule has 0 saturated carbocycles. The number of allylic oxidation sites excluding steroid dienone is 1. The van der Waals surface area contributed by atoms with Gasteiger partial charge in [0.1, 0.15) is 0 Å². The van der Waals surface area contributed by atoms with Gasteiger partial charge in [-0.15, -0.1) is 0 Å². The van der Waals surface area contributed by atoms with Gasteiger partial charge in [-0.25, -0.2) is 9.97 Å². The number of ketones is 1. The molecule has 146 valence electrons. The number of hydrogen-bond acceptors (Lipinski definition) is 4. The van der Waals surface area contributed by atoms with Crippen LogP contribution in [0.3, 0.4) is 0 Å². The van der Waals surface area contributed by atoms with E-state index < -0.39 is 11.2 Å². The Balaban J connectivity index is 1.73. The smallest absolute Gasteiger partial charge is 0.234 e. The Morgan fingerprint density at radius 3 is 2.69 bits per heavy atom. The lowest BCUT2D eigenvalue weighted by Crippen LogP contribution is -2.34. The van der Waals surface area contributed by atoms with Crippen LogP contribution in [0.25, 0.3) is 22.9 Å². The van der Waals surface area contributed by atoms with E-state index in [1.54, 1.807) is 18.5 Å². The molecule has 1 aliphatic carbocycles. The van der Waals surface area contributed by atoms with Gasteiger partial charge in [0.15, 0.2) is 5.78 Å². The van der Waals surface area contributed by atoms with Crippen molar-refractivity contribution in [3.05, 3.63) is 72.2 Å². The van der Waals surface area contributed by atoms with Gasteiger partial charge in [-0.1, -0.05) is 18.2 Å². The number of ether oxygens (including phenoxy) is 1. The fraction of sp³-hybridized carbons (Fsp3) is 0.292. The first-order chi connectivity index (χ1) is 13.9. The first-order valence-electron chi connectivity index (χ1n) is 9.90. The Morgan fingerprint density at radius 1 is 1.14 bits per heavy atom. The molecule has 5 rings (SSSR count). The molecule has 0 N–H and O–H groups in total. The molecule has 5 nitrogen and oxygen atoms in total. The van der Waals surface area contributed by atoms with Crippen molar-refractivity contribution in [2.24, 2.45) is 5.92 Å². The zero-order valence-electron chi connectivity index (χ0n) is 16.8. The van der Waals surface area contributed by atoms with E-state index in [0.717, 1.165) is 22.2 Å². The van der Waals surface area contributed by atoms with Crippen molar-refractivity contribution >= 4 is 22.8 Å². The van der Waals surface area contributed by atoms with Crippen molar-refractivity contribution < 1.29 is 9.53 Å². The minimum Gasteiger partial charge on any atom is -0.360 e. The average molecular weight is 385 g/mol. The minimum absolute atomic E-state index is 0.0122. The summed E-state index contributed by atoms with van der Waals surface area (Å²) in [5.41, 5.74) is 2.20. The van der Waals surface area contributed by atoms with Crippen LogP contribution < -0.4 is 0 Å². The van der Waals surface area contributed by atoms with Crippen LogP contribution in [0.1, 0.15) is 32.9 Å².